The molecule has 0 saturated carbocycles. The zero-order chi connectivity index (χ0) is 33.0. The van der Waals surface area contributed by atoms with Crippen LogP contribution in [0.4, 0.5) is 0 Å². The van der Waals surface area contributed by atoms with Crippen molar-refractivity contribution in [3.63, 3.8) is 0 Å². The molecule has 0 fully saturated rings. The fourth-order valence-corrected chi connectivity index (χ4v) is 6.43. The third-order valence-corrected chi connectivity index (χ3v) is 9.31. The van der Waals surface area contributed by atoms with Crippen LogP contribution in [0.25, 0.3) is 21.5 Å². The SMILES string of the molecule is CC(C)(C)OP(Oc1cc2ccc(C(C)(C)C)cc2cc1C(C)(C)C)Oc1cc2ccc(C(C)(C)C)cc2cc1C(C)(C)C. The molecule has 44 heavy (non-hydrogen) atoms. The Labute approximate surface area is 268 Å². The molecule has 0 atom stereocenters. The number of fused-ring (bicyclic) bond motifs is 2. The standard InChI is InChI=1S/C40H55O3P/c1-36(2,3)30-18-16-26-24-34(32(38(7,8)9)22-28(26)20-30)41-44(43-40(13,14)15)42-35-25-27-17-19-31(37(4,5)6)21-29(27)23-33(35)39(10,11)12/h16-25H,1-15H3. The molecule has 0 heterocycles. The van der Waals surface area contributed by atoms with Crippen LogP contribution >= 0.6 is 8.60 Å². The van der Waals surface area contributed by atoms with E-state index in [9.17, 15) is 0 Å². The molecule has 0 saturated heterocycles. The molecule has 0 radical (unpaired) electrons. The van der Waals surface area contributed by atoms with Gasteiger partial charge in [-0.2, -0.15) is 0 Å². The van der Waals surface area contributed by atoms with E-state index in [2.05, 4.69) is 144 Å². The van der Waals surface area contributed by atoms with Crippen LogP contribution in [-0.2, 0) is 26.2 Å². The van der Waals surface area contributed by atoms with E-state index in [0.29, 0.717) is 0 Å². The van der Waals surface area contributed by atoms with Gasteiger partial charge < -0.3 is 9.05 Å². The fraction of sp³-hybridized carbons (Fsp3) is 0.500. The Bertz CT molecular complexity index is 1530. The minimum atomic E-state index is -1.79. The van der Waals surface area contributed by atoms with Gasteiger partial charge in [-0.15, -0.1) is 0 Å². The molecule has 0 spiro atoms. The second-order valence-corrected chi connectivity index (χ2v) is 18.4. The second-order valence-electron chi connectivity index (χ2n) is 17.4. The van der Waals surface area contributed by atoms with Gasteiger partial charge in [0.15, 0.2) is 0 Å². The van der Waals surface area contributed by atoms with E-state index in [1.54, 1.807) is 0 Å². The van der Waals surface area contributed by atoms with Crippen LogP contribution in [0.15, 0.2) is 60.7 Å². The zero-order valence-electron chi connectivity index (χ0n) is 29.9. The first-order chi connectivity index (χ1) is 19.9. The van der Waals surface area contributed by atoms with Gasteiger partial charge in [-0.05, 0) is 99.4 Å². The van der Waals surface area contributed by atoms with Crippen molar-refractivity contribution in [2.24, 2.45) is 0 Å². The highest BCUT2D eigenvalue weighted by atomic mass is 31.2. The molecule has 0 bridgehead atoms. The van der Waals surface area contributed by atoms with Gasteiger partial charge in [0.1, 0.15) is 11.5 Å². The summed E-state index contributed by atoms with van der Waals surface area (Å²) in [5, 5.41) is 4.72. The third-order valence-electron chi connectivity index (χ3n) is 7.92. The minimum absolute atomic E-state index is 0.0763. The van der Waals surface area contributed by atoms with Crippen molar-refractivity contribution in [2.45, 2.75) is 131 Å². The lowest BCUT2D eigenvalue weighted by atomic mass is 9.83. The summed E-state index contributed by atoms with van der Waals surface area (Å²) < 4.78 is 20.2. The normalized spacial score (nSPS) is 13.6. The Hall–Kier alpha value is -2.61. The average molecular weight is 615 g/mol. The highest BCUT2D eigenvalue weighted by Crippen LogP contribution is 2.50. The Morgan fingerprint density at radius 1 is 0.409 bits per heavy atom. The quantitative estimate of drug-likeness (QED) is 0.209. The van der Waals surface area contributed by atoms with E-state index in [0.717, 1.165) is 33.4 Å². The van der Waals surface area contributed by atoms with Crippen molar-refractivity contribution in [3.05, 3.63) is 82.9 Å². The van der Waals surface area contributed by atoms with Crippen LogP contribution in [0.5, 0.6) is 11.5 Å². The highest BCUT2D eigenvalue weighted by molar-refractivity contribution is 7.42. The molecule has 4 heteroatoms. The lowest BCUT2D eigenvalue weighted by Gasteiger charge is -2.30. The van der Waals surface area contributed by atoms with Crippen LogP contribution in [-0.4, -0.2) is 5.60 Å². The maximum Gasteiger partial charge on any atom is 0.463 e. The summed E-state index contributed by atoms with van der Waals surface area (Å²) in [6, 6.07) is 22.4. The fourth-order valence-electron chi connectivity index (χ4n) is 5.25. The monoisotopic (exact) mass is 614 g/mol. The van der Waals surface area contributed by atoms with Gasteiger partial charge >= 0.3 is 8.60 Å². The summed E-state index contributed by atoms with van der Waals surface area (Å²) in [6.45, 7) is 33.1. The molecule has 4 rings (SSSR count). The predicted octanol–water partition coefficient (Wildman–Crippen LogP) is 12.7. The van der Waals surface area contributed by atoms with Crippen molar-refractivity contribution >= 4 is 30.1 Å². The summed E-state index contributed by atoms with van der Waals surface area (Å²) in [6.07, 6.45) is 0. The van der Waals surface area contributed by atoms with Gasteiger partial charge in [-0.1, -0.05) is 119 Å². The Balaban J connectivity index is 1.83. The number of hydrogen-bond acceptors (Lipinski definition) is 3. The van der Waals surface area contributed by atoms with Crippen LogP contribution in [0.1, 0.15) is 126 Å². The van der Waals surface area contributed by atoms with E-state index < -0.39 is 14.2 Å². The molecule has 0 aliphatic rings. The Kier molecular flexibility index (Phi) is 9.06. The molecule has 4 aromatic carbocycles. The average Bonchev–Trinajstić information content (AvgIpc) is 2.84. The zero-order valence-corrected chi connectivity index (χ0v) is 30.8. The van der Waals surface area contributed by atoms with Crippen molar-refractivity contribution in [1.29, 1.82) is 0 Å². The second kappa shape index (κ2) is 11.6. The van der Waals surface area contributed by atoms with Crippen molar-refractivity contribution in [3.8, 4) is 11.5 Å². The summed E-state index contributed by atoms with van der Waals surface area (Å²) in [7, 11) is -1.79. The van der Waals surface area contributed by atoms with Crippen LogP contribution in [0.3, 0.4) is 0 Å². The van der Waals surface area contributed by atoms with Gasteiger partial charge in [0.2, 0.25) is 0 Å². The molecule has 0 amide bonds. The first-order valence-electron chi connectivity index (χ1n) is 15.9. The van der Waals surface area contributed by atoms with E-state index in [1.165, 1.54) is 21.9 Å². The maximum atomic E-state index is 6.82. The largest absolute Gasteiger partial charge is 0.463 e. The van der Waals surface area contributed by atoms with Gasteiger partial charge in [0, 0.05) is 11.1 Å². The summed E-state index contributed by atoms with van der Waals surface area (Å²) in [5.74, 6) is 1.61. The van der Waals surface area contributed by atoms with Crippen molar-refractivity contribution < 1.29 is 13.6 Å². The maximum absolute atomic E-state index is 6.82. The van der Waals surface area contributed by atoms with Gasteiger partial charge in [0.25, 0.3) is 0 Å². The molecule has 0 N–H and O–H groups in total. The number of benzene rings is 4. The Morgan fingerprint density at radius 2 is 0.773 bits per heavy atom. The molecular formula is C40H55O3P. The van der Waals surface area contributed by atoms with Crippen LogP contribution < -0.4 is 9.05 Å². The first kappa shape index (κ1) is 34.3. The number of rotatable bonds is 5. The molecule has 0 aromatic heterocycles. The summed E-state index contributed by atoms with van der Waals surface area (Å²) in [4.78, 5) is 0. The van der Waals surface area contributed by atoms with Crippen LogP contribution in [0.2, 0.25) is 0 Å². The third kappa shape index (κ3) is 8.15. The smallest absolute Gasteiger partial charge is 0.417 e. The first-order valence-corrected chi connectivity index (χ1v) is 17.0. The van der Waals surface area contributed by atoms with Gasteiger partial charge in [0.05, 0.1) is 5.60 Å². The molecule has 0 aliphatic heterocycles. The van der Waals surface area contributed by atoms with E-state index in [-0.39, 0.29) is 21.7 Å². The molecule has 4 aromatic rings. The molecular weight excluding hydrogens is 559 g/mol. The summed E-state index contributed by atoms with van der Waals surface area (Å²) >= 11 is 0. The van der Waals surface area contributed by atoms with E-state index >= 15 is 0 Å². The lowest BCUT2D eigenvalue weighted by Crippen LogP contribution is -2.21. The van der Waals surface area contributed by atoms with E-state index in [4.69, 9.17) is 13.6 Å². The number of hydrogen-bond donors (Lipinski definition) is 0. The molecule has 0 unspecified atom stereocenters. The van der Waals surface area contributed by atoms with Gasteiger partial charge in [-0.3, -0.25) is 4.52 Å². The highest BCUT2D eigenvalue weighted by Gasteiger charge is 2.31. The molecule has 3 nitrogen and oxygen atoms in total. The topological polar surface area (TPSA) is 27.7 Å². The van der Waals surface area contributed by atoms with Crippen LogP contribution in [0, 0.1) is 0 Å². The van der Waals surface area contributed by atoms with Gasteiger partial charge in [-0.25, -0.2) is 0 Å². The van der Waals surface area contributed by atoms with Crippen molar-refractivity contribution in [1.82, 2.24) is 0 Å². The van der Waals surface area contributed by atoms with E-state index in [1.807, 2.05) is 20.8 Å². The predicted molar refractivity (Wildman–Crippen MR) is 192 cm³/mol. The minimum Gasteiger partial charge on any atom is -0.417 e. The lowest BCUT2D eigenvalue weighted by molar-refractivity contribution is 0.114. The Morgan fingerprint density at radius 3 is 1.07 bits per heavy atom. The molecule has 0 aliphatic carbocycles. The molecule has 238 valence electrons. The van der Waals surface area contributed by atoms with Crippen molar-refractivity contribution in [2.75, 3.05) is 0 Å². The summed E-state index contributed by atoms with van der Waals surface area (Å²) in [5.41, 5.74) is 4.30.